The molecule has 0 atom stereocenters. The van der Waals surface area contributed by atoms with Crippen molar-refractivity contribution in [3.63, 3.8) is 0 Å². The molecule has 0 aliphatic rings. The Morgan fingerprint density at radius 2 is 1.89 bits per heavy atom. The minimum atomic E-state index is -0.343. The summed E-state index contributed by atoms with van der Waals surface area (Å²) in [5.74, 6) is 1.15. The summed E-state index contributed by atoms with van der Waals surface area (Å²) in [6, 6.07) is 3.48. The van der Waals surface area contributed by atoms with Crippen LogP contribution in [0.4, 0.5) is 0 Å². The van der Waals surface area contributed by atoms with Crippen molar-refractivity contribution < 1.29 is 13.9 Å². The van der Waals surface area contributed by atoms with Crippen LogP contribution in [0.25, 0.3) is 11.0 Å². The molecular weight excluding hydrogens is 415 g/mol. The van der Waals surface area contributed by atoms with Gasteiger partial charge in [-0.2, -0.15) is 0 Å². The van der Waals surface area contributed by atoms with Gasteiger partial charge in [0.25, 0.3) is 0 Å². The summed E-state index contributed by atoms with van der Waals surface area (Å²) in [6.45, 7) is 0. The summed E-state index contributed by atoms with van der Waals surface area (Å²) in [5.41, 5.74) is 1.04. The van der Waals surface area contributed by atoms with E-state index in [0.29, 0.717) is 26.0 Å². The van der Waals surface area contributed by atoms with Gasteiger partial charge >= 0.3 is 5.63 Å². The Kier molecular flexibility index (Phi) is 4.16. The van der Waals surface area contributed by atoms with Gasteiger partial charge in [-0.05, 0) is 34.2 Å². The van der Waals surface area contributed by atoms with E-state index in [1.807, 2.05) is 28.7 Å². The molecule has 0 saturated heterocycles. The highest BCUT2D eigenvalue weighted by molar-refractivity contribution is 14.1. The number of hydrogen-bond acceptors (Lipinski definition) is 4. The number of methoxy groups -OCH3 is 2. The van der Waals surface area contributed by atoms with E-state index < -0.39 is 0 Å². The van der Waals surface area contributed by atoms with Crippen LogP contribution < -0.4 is 15.1 Å². The molecule has 4 nitrogen and oxygen atoms in total. The van der Waals surface area contributed by atoms with Gasteiger partial charge in [-0.3, -0.25) is 0 Å². The Labute approximate surface area is 126 Å². The van der Waals surface area contributed by atoms with Gasteiger partial charge in [0, 0.05) is 16.8 Å². The molecule has 0 radical (unpaired) electrons. The second kappa shape index (κ2) is 5.48. The van der Waals surface area contributed by atoms with E-state index in [1.165, 1.54) is 0 Å². The highest BCUT2D eigenvalue weighted by Crippen LogP contribution is 2.34. The number of benzene rings is 1. The molecular formula is C12H10BrIO4. The second-order valence-corrected chi connectivity index (χ2v) is 5.16. The quantitative estimate of drug-likeness (QED) is 0.431. The van der Waals surface area contributed by atoms with Gasteiger partial charge in [0.1, 0.15) is 9.15 Å². The number of alkyl halides is 1. The Hall–Kier alpha value is -0.760. The summed E-state index contributed by atoms with van der Waals surface area (Å²) in [5, 5.41) is 1.41. The third-order valence-electron chi connectivity index (χ3n) is 2.59. The zero-order chi connectivity index (χ0) is 13.3. The van der Waals surface area contributed by atoms with Crippen LogP contribution >= 0.6 is 38.5 Å². The van der Waals surface area contributed by atoms with Crippen LogP contribution in [0.5, 0.6) is 11.5 Å². The largest absolute Gasteiger partial charge is 0.493 e. The van der Waals surface area contributed by atoms with E-state index in [9.17, 15) is 4.79 Å². The molecule has 0 amide bonds. The van der Waals surface area contributed by atoms with Gasteiger partial charge in [-0.1, -0.05) is 15.9 Å². The molecule has 0 spiro atoms. The summed E-state index contributed by atoms with van der Waals surface area (Å²) >= 11 is 5.37. The maximum atomic E-state index is 11.7. The third kappa shape index (κ3) is 2.23. The minimum Gasteiger partial charge on any atom is -0.493 e. The van der Waals surface area contributed by atoms with Gasteiger partial charge in [-0.25, -0.2) is 4.79 Å². The Balaban J connectivity index is 2.88. The summed E-state index contributed by atoms with van der Waals surface area (Å²) < 4.78 is 16.3. The number of ether oxygens (including phenoxy) is 2. The van der Waals surface area contributed by atoms with Crippen molar-refractivity contribution >= 4 is 49.5 Å². The molecule has 6 heteroatoms. The van der Waals surface area contributed by atoms with E-state index in [2.05, 4.69) is 15.9 Å². The van der Waals surface area contributed by atoms with Crippen molar-refractivity contribution in [3.05, 3.63) is 31.7 Å². The predicted molar refractivity (Wildman–Crippen MR) is 80.9 cm³/mol. The lowest BCUT2D eigenvalue weighted by Crippen LogP contribution is -2.07. The lowest BCUT2D eigenvalue weighted by molar-refractivity contribution is 0.355. The molecule has 0 saturated carbocycles. The van der Waals surface area contributed by atoms with Crippen LogP contribution in [0, 0.1) is 3.57 Å². The van der Waals surface area contributed by atoms with Gasteiger partial charge in [0.15, 0.2) is 11.5 Å². The van der Waals surface area contributed by atoms with E-state index in [1.54, 1.807) is 20.3 Å². The molecule has 2 rings (SSSR count). The fourth-order valence-corrected chi connectivity index (χ4v) is 3.40. The first kappa shape index (κ1) is 13.7. The second-order valence-electron chi connectivity index (χ2n) is 3.52. The van der Waals surface area contributed by atoms with Crippen molar-refractivity contribution in [3.8, 4) is 11.5 Å². The van der Waals surface area contributed by atoms with Gasteiger partial charge in [0.05, 0.1) is 14.2 Å². The number of rotatable bonds is 3. The number of halogens is 2. The van der Waals surface area contributed by atoms with E-state index in [-0.39, 0.29) is 5.63 Å². The minimum absolute atomic E-state index is 0.343. The average molecular weight is 425 g/mol. The molecule has 2 aromatic rings. The SMILES string of the molecule is COc1cc2oc(=O)c(I)c(CBr)c2cc1OC. The van der Waals surface area contributed by atoms with Crippen LogP contribution in [0.2, 0.25) is 0 Å². The van der Waals surface area contributed by atoms with Crippen LogP contribution in [-0.2, 0) is 5.33 Å². The Morgan fingerprint density at radius 3 is 2.44 bits per heavy atom. The maximum Gasteiger partial charge on any atom is 0.350 e. The van der Waals surface area contributed by atoms with Crippen molar-refractivity contribution in [1.82, 2.24) is 0 Å². The topological polar surface area (TPSA) is 48.7 Å². The monoisotopic (exact) mass is 424 g/mol. The third-order valence-corrected chi connectivity index (χ3v) is 4.24. The molecule has 0 aliphatic heterocycles. The molecule has 1 aromatic heterocycles. The van der Waals surface area contributed by atoms with Crippen LogP contribution in [0.3, 0.4) is 0 Å². The van der Waals surface area contributed by atoms with E-state index >= 15 is 0 Å². The van der Waals surface area contributed by atoms with Gasteiger partial charge < -0.3 is 13.9 Å². The van der Waals surface area contributed by atoms with Crippen LogP contribution in [-0.4, -0.2) is 14.2 Å². The smallest absolute Gasteiger partial charge is 0.350 e. The fourth-order valence-electron chi connectivity index (χ4n) is 1.70. The molecule has 1 heterocycles. The number of hydrogen-bond donors (Lipinski definition) is 0. The fraction of sp³-hybridized carbons (Fsp3) is 0.250. The molecule has 0 fully saturated rings. The predicted octanol–water partition coefficient (Wildman–Crippen LogP) is 3.31. The Morgan fingerprint density at radius 1 is 1.28 bits per heavy atom. The molecule has 96 valence electrons. The maximum absolute atomic E-state index is 11.7. The van der Waals surface area contributed by atoms with Crippen molar-refractivity contribution in [1.29, 1.82) is 0 Å². The lowest BCUT2D eigenvalue weighted by Gasteiger charge is -2.10. The first-order valence-corrected chi connectivity index (χ1v) is 7.25. The van der Waals surface area contributed by atoms with Gasteiger partial charge in [0.2, 0.25) is 0 Å². The Bertz CT molecular complexity index is 651. The molecule has 18 heavy (non-hydrogen) atoms. The summed E-state index contributed by atoms with van der Waals surface area (Å²) in [6.07, 6.45) is 0. The van der Waals surface area contributed by atoms with E-state index in [4.69, 9.17) is 13.9 Å². The van der Waals surface area contributed by atoms with Crippen molar-refractivity contribution in [2.45, 2.75) is 5.33 Å². The number of fused-ring (bicyclic) bond motifs is 1. The average Bonchev–Trinajstić information content (AvgIpc) is 2.39. The summed E-state index contributed by atoms with van der Waals surface area (Å²) in [7, 11) is 3.11. The normalized spacial score (nSPS) is 10.7. The van der Waals surface area contributed by atoms with Crippen molar-refractivity contribution in [2.75, 3.05) is 14.2 Å². The highest BCUT2D eigenvalue weighted by Gasteiger charge is 2.15. The first-order valence-electron chi connectivity index (χ1n) is 5.05. The molecule has 0 bridgehead atoms. The molecule has 0 aliphatic carbocycles. The molecule has 0 unspecified atom stereocenters. The standard InChI is InChI=1S/C12H10BrIO4/c1-16-9-3-6-7(5-13)11(14)12(15)18-8(6)4-10(9)17-2/h3-4H,5H2,1-2H3. The zero-order valence-corrected chi connectivity index (χ0v) is 13.5. The first-order chi connectivity index (χ1) is 8.62. The molecule has 0 N–H and O–H groups in total. The van der Waals surface area contributed by atoms with Gasteiger partial charge in [-0.15, -0.1) is 0 Å². The summed E-state index contributed by atoms with van der Waals surface area (Å²) in [4.78, 5) is 11.7. The highest BCUT2D eigenvalue weighted by atomic mass is 127. The van der Waals surface area contributed by atoms with Crippen LogP contribution in [0.15, 0.2) is 21.3 Å². The van der Waals surface area contributed by atoms with Crippen LogP contribution in [0.1, 0.15) is 5.56 Å². The van der Waals surface area contributed by atoms with E-state index in [0.717, 1.165) is 10.9 Å². The van der Waals surface area contributed by atoms with Crippen molar-refractivity contribution in [2.24, 2.45) is 0 Å². The molecule has 1 aromatic carbocycles. The zero-order valence-electron chi connectivity index (χ0n) is 9.75. The lowest BCUT2D eigenvalue weighted by atomic mass is 10.1.